The molecular weight excluding hydrogens is 191 g/mol. The van der Waals surface area contributed by atoms with Gasteiger partial charge in [-0.25, -0.2) is 4.39 Å². The van der Waals surface area contributed by atoms with E-state index in [0.29, 0.717) is 5.92 Å². The van der Waals surface area contributed by atoms with Gasteiger partial charge in [0.1, 0.15) is 12.1 Å². The SMILES string of the molecule is CC(C)C1(c2ccc(F)cc2)CC1C=O. The van der Waals surface area contributed by atoms with Crippen molar-refractivity contribution in [3.8, 4) is 0 Å². The van der Waals surface area contributed by atoms with Crippen LogP contribution >= 0.6 is 0 Å². The molecule has 0 spiro atoms. The molecular formula is C13H15FO. The first-order valence-electron chi connectivity index (χ1n) is 5.32. The first-order chi connectivity index (χ1) is 7.11. The molecule has 0 amide bonds. The minimum Gasteiger partial charge on any atom is -0.303 e. The zero-order valence-electron chi connectivity index (χ0n) is 9.03. The maximum atomic E-state index is 12.8. The van der Waals surface area contributed by atoms with E-state index in [4.69, 9.17) is 0 Å². The molecule has 0 aromatic heterocycles. The summed E-state index contributed by atoms with van der Waals surface area (Å²) >= 11 is 0. The lowest BCUT2D eigenvalue weighted by Gasteiger charge is -2.21. The van der Waals surface area contributed by atoms with Gasteiger partial charge in [-0.1, -0.05) is 26.0 Å². The Labute approximate surface area is 89.3 Å². The molecule has 1 fully saturated rings. The molecule has 0 bridgehead atoms. The fourth-order valence-electron chi connectivity index (χ4n) is 2.56. The van der Waals surface area contributed by atoms with Crippen molar-refractivity contribution >= 4 is 6.29 Å². The zero-order chi connectivity index (χ0) is 11.1. The number of carbonyl (C=O) groups is 1. The summed E-state index contributed by atoms with van der Waals surface area (Å²) < 4.78 is 12.8. The van der Waals surface area contributed by atoms with E-state index in [0.717, 1.165) is 18.3 Å². The van der Waals surface area contributed by atoms with Crippen molar-refractivity contribution in [3.05, 3.63) is 35.6 Å². The molecule has 15 heavy (non-hydrogen) atoms. The largest absolute Gasteiger partial charge is 0.303 e. The molecule has 2 unspecified atom stereocenters. The summed E-state index contributed by atoms with van der Waals surface area (Å²) in [7, 11) is 0. The van der Waals surface area contributed by atoms with E-state index in [-0.39, 0.29) is 17.2 Å². The third-order valence-electron chi connectivity index (χ3n) is 3.64. The monoisotopic (exact) mass is 206 g/mol. The van der Waals surface area contributed by atoms with Crippen LogP contribution in [0.5, 0.6) is 0 Å². The molecule has 0 saturated heterocycles. The Bertz CT molecular complexity index is 369. The topological polar surface area (TPSA) is 17.1 Å². The normalized spacial score (nSPS) is 29.2. The molecule has 0 heterocycles. The average Bonchev–Trinajstić information content (AvgIpc) is 2.94. The van der Waals surface area contributed by atoms with Crippen LogP contribution in [0.4, 0.5) is 4.39 Å². The number of rotatable bonds is 3. The van der Waals surface area contributed by atoms with E-state index in [2.05, 4.69) is 13.8 Å². The summed E-state index contributed by atoms with van der Waals surface area (Å²) in [6, 6.07) is 6.55. The molecule has 0 aliphatic heterocycles. The van der Waals surface area contributed by atoms with Crippen molar-refractivity contribution in [1.82, 2.24) is 0 Å². The second kappa shape index (κ2) is 3.44. The molecule has 1 aliphatic carbocycles. The first-order valence-corrected chi connectivity index (χ1v) is 5.32. The smallest absolute Gasteiger partial charge is 0.124 e. The Kier molecular flexibility index (Phi) is 2.37. The fraction of sp³-hybridized carbons (Fsp3) is 0.462. The predicted molar refractivity (Wildman–Crippen MR) is 57.1 cm³/mol. The summed E-state index contributed by atoms with van der Waals surface area (Å²) in [4.78, 5) is 10.9. The summed E-state index contributed by atoms with van der Waals surface area (Å²) in [6.07, 6.45) is 1.93. The lowest BCUT2D eigenvalue weighted by atomic mass is 9.83. The second-order valence-corrected chi connectivity index (χ2v) is 4.65. The van der Waals surface area contributed by atoms with E-state index < -0.39 is 0 Å². The number of hydrogen-bond donors (Lipinski definition) is 0. The van der Waals surface area contributed by atoms with Crippen LogP contribution in [0.2, 0.25) is 0 Å². The summed E-state index contributed by atoms with van der Waals surface area (Å²) in [5.41, 5.74) is 1.06. The Hall–Kier alpha value is -1.18. The van der Waals surface area contributed by atoms with Gasteiger partial charge in [-0.15, -0.1) is 0 Å². The highest BCUT2D eigenvalue weighted by atomic mass is 19.1. The number of benzene rings is 1. The lowest BCUT2D eigenvalue weighted by molar-refractivity contribution is -0.109. The highest BCUT2D eigenvalue weighted by molar-refractivity contribution is 5.64. The van der Waals surface area contributed by atoms with Crippen LogP contribution < -0.4 is 0 Å². The molecule has 2 heteroatoms. The van der Waals surface area contributed by atoms with Crippen molar-refractivity contribution in [3.63, 3.8) is 0 Å². The third kappa shape index (κ3) is 1.48. The standard InChI is InChI=1S/C13H15FO/c1-9(2)13(7-11(13)8-15)10-3-5-12(14)6-4-10/h3-6,8-9,11H,7H2,1-2H3. The Morgan fingerprint density at radius 1 is 1.40 bits per heavy atom. The van der Waals surface area contributed by atoms with Crippen molar-refractivity contribution in [2.45, 2.75) is 25.7 Å². The van der Waals surface area contributed by atoms with Gasteiger partial charge in [-0.2, -0.15) is 0 Å². The third-order valence-corrected chi connectivity index (χ3v) is 3.64. The highest BCUT2D eigenvalue weighted by Gasteiger charge is 2.57. The van der Waals surface area contributed by atoms with Gasteiger partial charge in [-0.3, -0.25) is 0 Å². The first kappa shape index (κ1) is 10.3. The van der Waals surface area contributed by atoms with Gasteiger partial charge in [-0.05, 0) is 30.0 Å². The van der Waals surface area contributed by atoms with Gasteiger partial charge < -0.3 is 4.79 Å². The second-order valence-electron chi connectivity index (χ2n) is 4.65. The molecule has 1 aromatic rings. The maximum Gasteiger partial charge on any atom is 0.124 e. The Balaban J connectivity index is 2.36. The molecule has 80 valence electrons. The molecule has 1 saturated carbocycles. The van der Waals surface area contributed by atoms with Crippen molar-refractivity contribution in [2.75, 3.05) is 0 Å². The van der Waals surface area contributed by atoms with Gasteiger partial charge in [0, 0.05) is 11.3 Å². The van der Waals surface area contributed by atoms with Crippen LogP contribution in [0, 0.1) is 17.7 Å². The molecule has 1 aromatic carbocycles. The summed E-state index contributed by atoms with van der Waals surface area (Å²) in [5, 5.41) is 0. The molecule has 1 aliphatic rings. The number of hydrogen-bond acceptors (Lipinski definition) is 1. The van der Waals surface area contributed by atoms with E-state index in [9.17, 15) is 9.18 Å². The van der Waals surface area contributed by atoms with Gasteiger partial charge in [0.05, 0.1) is 0 Å². The van der Waals surface area contributed by atoms with Crippen LogP contribution in [0.25, 0.3) is 0 Å². The van der Waals surface area contributed by atoms with Crippen LogP contribution in [-0.2, 0) is 10.2 Å². The van der Waals surface area contributed by atoms with Crippen molar-refractivity contribution < 1.29 is 9.18 Å². The Morgan fingerprint density at radius 3 is 2.40 bits per heavy atom. The van der Waals surface area contributed by atoms with Gasteiger partial charge in [0.2, 0.25) is 0 Å². The van der Waals surface area contributed by atoms with E-state index in [1.54, 1.807) is 12.1 Å². The molecule has 1 nitrogen and oxygen atoms in total. The van der Waals surface area contributed by atoms with E-state index in [1.165, 1.54) is 12.1 Å². The highest BCUT2D eigenvalue weighted by Crippen LogP contribution is 2.58. The number of carbonyl (C=O) groups excluding carboxylic acids is 1. The van der Waals surface area contributed by atoms with Crippen LogP contribution in [-0.4, -0.2) is 6.29 Å². The number of halogens is 1. The lowest BCUT2D eigenvalue weighted by Crippen LogP contribution is -2.18. The van der Waals surface area contributed by atoms with Gasteiger partial charge >= 0.3 is 0 Å². The van der Waals surface area contributed by atoms with Gasteiger partial charge in [0.15, 0.2) is 0 Å². The van der Waals surface area contributed by atoms with Crippen LogP contribution in [0.15, 0.2) is 24.3 Å². The predicted octanol–water partition coefficient (Wildman–Crippen LogP) is 2.94. The average molecular weight is 206 g/mol. The number of aldehydes is 1. The Morgan fingerprint density at radius 2 is 2.00 bits per heavy atom. The molecule has 0 N–H and O–H groups in total. The molecule has 0 radical (unpaired) electrons. The minimum atomic E-state index is -0.221. The summed E-state index contributed by atoms with van der Waals surface area (Å²) in [6.45, 7) is 4.24. The van der Waals surface area contributed by atoms with Crippen molar-refractivity contribution in [1.29, 1.82) is 0 Å². The van der Waals surface area contributed by atoms with Crippen molar-refractivity contribution in [2.24, 2.45) is 11.8 Å². The zero-order valence-corrected chi connectivity index (χ0v) is 9.03. The summed E-state index contributed by atoms with van der Waals surface area (Å²) in [5.74, 6) is 0.307. The maximum absolute atomic E-state index is 12.8. The molecule has 2 rings (SSSR count). The van der Waals surface area contributed by atoms with Gasteiger partial charge in [0.25, 0.3) is 0 Å². The quantitative estimate of drug-likeness (QED) is 0.695. The fourth-order valence-corrected chi connectivity index (χ4v) is 2.56. The van der Waals surface area contributed by atoms with E-state index >= 15 is 0 Å². The van der Waals surface area contributed by atoms with E-state index in [1.807, 2.05) is 0 Å². The van der Waals surface area contributed by atoms with Crippen LogP contribution in [0.3, 0.4) is 0 Å². The molecule has 2 atom stereocenters. The minimum absolute atomic E-state index is 0.0323. The van der Waals surface area contributed by atoms with Crippen LogP contribution in [0.1, 0.15) is 25.8 Å².